The Morgan fingerprint density at radius 3 is 2.61 bits per heavy atom. The third-order valence-electron chi connectivity index (χ3n) is 4.79. The number of amides is 1. The van der Waals surface area contributed by atoms with E-state index in [2.05, 4.69) is 15.5 Å². The second-order valence-electron chi connectivity index (χ2n) is 7.09. The van der Waals surface area contributed by atoms with Crippen molar-refractivity contribution >= 4 is 23.2 Å². The van der Waals surface area contributed by atoms with Crippen LogP contribution in [0.15, 0.2) is 18.2 Å². The second kappa shape index (κ2) is 10.5. The molecule has 0 aromatic heterocycles. The van der Waals surface area contributed by atoms with Gasteiger partial charge in [-0.3, -0.25) is 4.79 Å². The first-order valence-corrected chi connectivity index (χ1v) is 9.86. The third-order valence-corrected chi connectivity index (χ3v) is 5.17. The quantitative estimate of drug-likeness (QED) is 0.501. The van der Waals surface area contributed by atoms with Crippen LogP contribution in [0.4, 0.5) is 0 Å². The smallest absolute Gasteiger partial charge is 0.225 e. The predicted octanol–water partition coefficient (Wildman–Crippen LogP) is 1.76. The number of rotatable bonds is 8. The van der Waals surface area contributed by atoms with Crippen LogP contribution in [0, 0.1) is 5.92 Å². The van der Waals surface area contributed by atoms with E-state index < -0.39 is 0 Å². The number of carbonyl (C=O) groups is 1. The van der Waals surface area contributed by atoms with E-state index in [0.717, 1.165) is 5.56 Å². The Morgan fingerprint density at radius 1 is 1.25 bits per heavy atom. The van der Waals surface area contributed by atoms with Crippen LogP contribution in [-0.2, 0) is 9.53 Å². The van der Waals surface area contributed by atoms with Gasteiger partial charge in [-0.1, -0.05) is 12.1 Å². The van der Waals surface area contributed by atoms with Gasteiger partial charge in [0.15, 0.2) is 16.6 Å². The second-order valence-corrected chi connectivity index (χ2v) is 7.48. The van der Waals surface area contributed by atoms with Gasteiger partial charge in [-0.05, 0) is 32.1 Å². The van der Waals surface area contributed by atoms with Crippen LogP contribution in [0.25, 0.3) is 0 Å². The zero-order valence-electron chi connectivity index (χ0n) is 17.3. The van der Waals surface area contributed by atoms with Crippen LogP contribution in [-0.4, -0.2) is 69.5 Å². The molecule has 8 heteroatoms. The van der Waals surface area contributed by atoms with Gasteiger partial charge in [0.05, 0.1) is 26.7 Å². The average Bonchev–Trinajstić information content (AvgIpc) is 3.12. The molecule has 28 heavy (non-hydrogen) atoms. The number of ether oxygens (including phenoxy) is 3. The van der Waals surface area contributed by atoms with E-state index in [1.807, 2.05) is 32.0 Å². The van der Waals surface area contributed by atoms with Gasteiger partial charge in [-0.2, -0.15) is 0 Å². The largest absolute Gasteiger partial charge is 0.493 e. The van der Waals surface area contributed by atoms with Crippen molar-refractivity contribution < 1.29 is 19.0 Å². The molecule has 0 saturated carbocycles. The van der Waals surface area contributed by atoms with Gasteiger partial charge in [-0.25, -0.2) is 0 Å². The fraction of sp³-hybridized carbons (Fsp3) is 0.600. The molecule has 0 radical (unpaired) electrons. The summed E-state index contributed by atoms with van der Waals surface area (Å²) in [6.07, 6.45) is 0. The van der Waals surface area contributed by atoms with Gasteiger partial charge in [0.2, 0.25) is 5.91 Å². The summed E-state index contributed by atoms with van der Waals surface area (Å²) in [5.74, 6) is 0.972. The number of para-hydroxylation sites is 1. The van der Waals surface area contributed by atoms with Gasteiger partial charge in [0.1, 0.15) is 0 Å². The Hall–Kier alpha value is -2.06. The number of nitrogens with zero attached hydrogens (tertiary/aromatic N) is 1. The number of likely N-dealkylation sites (tertiary alicyclic amines) is 1. The molecule has 1 aromatic rings. The molecule has 0 aliphatic carbocycles. The fourth-order valence-electron chi connectivity index (χ4n) is 3.50. The maximum absolute atomic E-state index is 12.9. The van der Waals surface area contributed by atoms with Crippen molar-refractivity contribution in [2.75, 3.05) is 47.6 Å². The van der Waals surface area contributed by atoms with Crippen molar-refractivity contribution in [3.05, 3.63) is 23.8 Å². The Morgan fingerprint density at radius 2 is 2.00 bits per heavy atom. The first-order valence-electron chi connectivity index (χ1n) is 9.45. The topological polar surface area (TPSA) is 72.1 Å². The van der Waals surface area contributed by atoms with Gasteiger partial charge < -0.3 is 29.7 Å². The minimum absolute atomic E-state index is 0.0123. The molecule has 2 rings (SSSR count). The highest BCUT2D eigenvalue weighted by molar-refractivity contribution is 7.80. The molecule has 2 N–H and O–H groups in total. The van der Waals surface area contributed by atoms with Gasteiger partial charge in [0, 0.05) is 44.3 Å². The summed E-state index contributed by atoms with van der Waals surface area (Å²) in [5.41, 5.74) is 0.948. The molecule has 1 heterocycles. The van der Waals surface area contributed by atoms with Crippen LogP contribution in [0.1, 0.15) is 25.3 Å². The number of hydrogen-bond acceptors (Lipinski definition) is 5. The minimum atomic E-state index is -0.259. The van der Waals surface area contributed by atoms with Crippen LogP contribution in [0.2, 0.25) is 0 Å². The van der Waals surface area contributed by atoms with Crippen molar-refractivity contribution in [1.29, 1.82) is 0 Å². The Balaban J connectivity index is 2.31. The highest BCUT2D eigenvalue weighted by atomic mass is 32.1. The summed E-state index contributed by atoms with van der Waals surface area (Å²) in [6.45, 7) is 6.21. The van der Waals surface area contributed by atoms with Crippen LogP contribution in [0.5, 0.6) is 11.5 Å². The molecule has 0 spiro atoms. The summed E-state index contributed by atoms with van der Waals surface area (Å²) in [4.78, 5) is 15.0. The van der Waals surface area contributed by atoms with Crippen LogP contribution < -0.4 is 20.1 Å². The van der Waals surface area contributed by atoms with Crippen molar-refractivity contribution in [3.63, 3.8) is 0 Å². The number of thiocarbonyl (C=S) groups is 1. The van der Waals surface area contributed by atoms with E-state index in [1.54, 1.807) is 21.3 Å². The molecule has 0 unspecified atom stereocenters. The number of methoxy groups -OCH3 is 3. The number of carbonyl (C=O) groups excluding carboxylic acids is 1. The van der Waals surface area contributed by atoms with Gasteiger partial charge >= 0.3 is 0 Å². The van der Waals surface area contributed by atoms with Crippen LogP contribution in [0.3, 0.4) is 0 Å². The molecule has 1 saturated heterocycles. The molecule has 0 bridgehead atoms. The monoisotopic (exact) mass is 409 g/mol. The summed E-state index contributed by atoms with van der Waals surface area (Å²) < 4.78 is 16.1. The fourth-order valence-corrected chi connectivity index (χ4v) is 3.88. The summed E-state index contributed by atoms with van der Waals surface area (Å²) in [5, 5.41) is 6.90. The van der Waals surface area contributed by atoms with Crippen molar-refractivity contribution in [2.45, 2.75) is 25.8 Å². The molecule has 2 atom stereocenters. The number of benzene rings is 1. The highest BCUT2D eigenvalue weighted by Gasteiger charge is 2.41. The van der Waals surface area contributed by atoms with Crippen molar-refractivity contribution in [3.8, 4) is 11.5 Å². The molecule has 156 valence electrons. The van der Waals surface area contributed by atoms with E-state index in [-0.39, 0.29) is 23.8 Å². The van der Waals surface area contributed by atoms with E-state index in [9.17, 15) is 4.79 Å². The highest BCUT2D eigenvalue weighted by Crippen LogP contribution is 2.41. The summed E-state index contributed by atoms with van der Waals surface area (Å²) in [6, 6.07) is 5.99. The van der Waals surface area contributed by atoms with Crippen molar-refractivity contribution in [1.82, 2.24) is 15.5 Å². The van der Waals surface area contributed by atoms with E-state index in [4.69, 9.17) is 26.4 Å². The molecule has 1 aromatic carbocycles. The lowest BCUT2D eigenvalue weighted by molar-refractivity contribution is -0.125. The molecule has 1 aliphatic heterocycles. The number of nitrogens with one attached hydrogen (secondary N) is 2. The van der Waals surface area contributed by atoms with Gasteiger partial charge in [-0.15, -0.1) is 0 Å². The minimum Gasteiger partial charge on any atom is -0.493 e. The summed E-state index contributed by atoms with van der Waals surface area (Å²) >= 11 is 5.56. The molecular weight excluding hydrogens is 378 g/mol. The van der Waals surface area contributed by atoms with Crippen molar-refractivity contribution in [2.24, 2.45) is 5.92 Å². The average molecular weight is 410 g/mol. The lowest BCUT2D eigenvalue weighted by Gasteiger charge is -2.23. The SMILES string of the molecule is COCCNC(=O)[C@H]1CN(C(=S)NC(C)C)C[C@@H]1c1cccc(OC)c1OC. The van der Waals surface area contributed by atoms with E-state index in [0.29, 0.717) is 42.9 Å². The molecule has 1 fully saturated rings. The normalized spacial score (nSPS) is 18.9. The first kappa shape index (κ1) is 22.2. The molecule has 1 aliphatic rings. The molecule has 7 nitrogen and oxygen atoms in total. The van der Waals surface area contributed by atoms with E-state index >= 15 is 0 Å². The lowest BCUT2D eigenvalue weighted by Crippen LogP contribution is -2.42. The molecular formula is C20H31N3O4S. The predicted molar refractivity (Wildman–Crippen MR) is 113 cm³/mol. The maximum Gasteiger partial charge on any atom is 0.225 e. The maximum atomic E-state index is 12.9. The third kappa shape index (κ3) is 5.26. The Kier molecular flexibility index (Phi) is 8.32. The zero-order chi connectivity index (χ0) is 20.7. The van der Waals surface area contributed by atoms with Crippen LogP contribution >= 0.6 is 12.2 Å². The van der Waals surface area contributed by atoms with Gasteiger partial charge in [0.25, 0.3) is 0 Å². The Bertz CT molecular complexity index is 683. The Labute approximate surface area is 172 Å². The standard InChI is InChI=1S/C20H31N3O4S/c1-13(2)22-20(28)23-11-15(16(12-23)19(24)21-9-10-25-3)14-7-6-8-17(26-4)18(14)27-5/h6-8,13,15-16H,9-12H2,1-5H3,(H,21,24)(H,22,28)/t15-,16+/m1/s1. The number of hydrogen-bond donors (Lipinski definition) is 2. The lowest BCUT2D eigenvalue weighted by atomic mass is 9.87. The first-order chi connectivity index (χ1) is 13.4. The summed E-state index contributed by atoms with van der Waals surface area (Å²) in [7, 11) is 4.84. The molecule has 1 amide bonds. The van der Waals surface area contributed by atoms with E-state index in [1.165, 1.54) is 0 Å². The zero-order valence-corrected chi connectivity index (χ0v) is 18.1.